The number of rotatable bonds is 4. The lowest BCUT2D eigenvalue weighted by Gasteiger charge is -2.25. The van der Waals surface area contributed by atoms with Crippen molar-refractivity contribution in [1.29, 1.82) is 0 Å². The van der Waals surface area contributed by atoms with Crippen LogP contribution in [0.5, 0.6) is 0 Å². The van der Waals surface area contributed by atoms with Crippen LogP contribution in [0.15, 0.2) is 30.3 Å². The van der Waals surface area contributed by atoms with Gasteiger partial charge in [0.1, 0.15) is 22.0 Å². The normalized spacial score (nSPS) is 18.9. The zero-order chi connectivity index (χ0) is 21.3. The fourth-order valence-electron chi connectivity index (χ4n) is 3.46. The molecule has 158 valence electrons. The number of amides is 2. The van der Waals surface area contributed by atoms with Gasteiger partial charge < -0.3 is 15.3 Å². The maximum absolute atomic E-state index is 14.2. The molecular formula is C20H21ClFN5O2S. The molecule has 30 heavy (non-hydrogen) atoms. The van der Waals surface area contributed by atoms with Gasteiger partial charge in [-0.15, -0.1) is 0 Å². The number of thiazole rings is 1. The van der Waals surface area contributed by atoms with E-state index >= 15 is 0 Å². The Labute approximate surface area is 181 Å². The predicted octanol–water partition coefficient (Wildman–Crippen LogP) is 4.68. The second kappa shape index (κ2) is 8.71. The van der Waals surface area contributed by atoms with Crippen molar-refractivity contribution in [2.45, 2.75) is 37.8 Å². The zero-order valence-corrected chi connectivity index (χ0v) is 17.8. The van der Waals surface area contributed by atoms with E-state index in [1.165, 1.54) is 17.4 Å². The summed E-state index contributed by atoms with van der Waals surface area (Å²) in [5.41, 5.74) is 0.996. The number of carbonyl (C=O) groups excluding carboxylic acids is 1. The average Bonchev–Trinajstić information content (AvgIpc) is 3.10. The lowest BCUT2D eigenvalue weighted by Crippen LogP contribution is -2.40. The lowest BCUT2D eigenvalue weighted by atomic mass is 9.93. The molecular weight excluding hydrogens is 429 g/mol. The molecule has 0 spiro atoms. The average molecular weight is 450 g/mol. The second-order valence-electron chi connectivity index (χ2n) is 7.27. The van der Waals surface area contributed by atoms with Crippen LogP contribution in [0.4, 0.5) is 25.8 Å². The Morgan fingerprint density at radius 2 is 2.00 bits per heavy atom. The first kappa shape index (κ1) is 20.8. The third kappa shape index (κ3) is 4.63. The fraction of sp³-hybridized carbons (Fsp3) is 0.350. The number of nitrogens with zero attached hydrogens (tertiary/aromatic N) is 3. The van der Waals surface area contributed by atoms with Crippen LogP contribution in [0.2, 0.25) is 5.02 Å². The standard InChI is InChI=1S/C20H21ClFN5O2S/c1-27(16-8-2-11(21)10-14(16)22)17-9-7-15-18(25-17)30-20(24-15)26-19(29)23-12-3-5-13(28)6-4-12/h2,7-10,12-13,28H,3-6H2,1H3,(H2,23,24,26,29). The smallest absolute Gasteiger partial charge is 0.321 e. The minimum absolute atomic E-state index is 0.0513. The summed E-state index contributed by atoms with van der Waals surface area (Å²) in [6.45, 7) is 0. The van der Waals surface area contributed by atoms with Gasteiger partial charge in [0.2, 0.25) is 0 Å². The Hall–Kier alpha value is -2.49. The number of anilines is 3. The topological polar surface area (TPSA) is 90.4 Å². The van der Waals surface area contributed by atoms with E-state index in [0.717, 1.165) is 12.8 Å². The molecule has 1 aromatic carbocycles. The molecule has 10 heteroatoms. The van der Waals surface area contributed by atoms with E-state index in [4.69, 9.17) is 11.6 Å². The Bertz CT molecular complexity index is 1070. The molecule has 1 fully saturated rings. The third-order valence-corrected chi connectivity index (χ3v) is 6.22. The Kier molecular flexibility index (Phi) is 6.03. The minimum Gasteiger partial charge on any atom is -0.393 e. The molecule has 3 N–H and O–H groups in total. The van der Waals surface area contributed by atoms with Gasteiger partial charge in [-0.2, -0.15) is 0 Å². The monoisotopic (exact) mass is 449 g/mol. The summed E-state index contributed by atoms with van der Waals surface area (Å²) in [6.07, 6.45) is 2.64. The highest BCUT2D eigenvalue weighted by molar-refractivity contribution is 7.22. The molecule has 0 aliphatic heterocycles. The molecule has 4 rings (SSSR count). The number of aliphatic hydroxyl groups excluding tert-OH is 1. The third-order valence-electron chi connectivity index (χ3n) is 5.11. The molecule has 7 nitrogen and oxygen atoms in total. The molecule has 2 aromatic heterocycles. The summed E-state index contributed by atoms with van der Waals surface area (Å²) in [5.74, 6) is 0.106. The quantitative estimate of drug-likeness (QED) is 0.538. The number of fused-ring (bicyclic) bond motifs is 1. The van der Waals surface area contributed by atoms with Gasteiger partial charge in [0.15, 0.2) is 5.13 Å². The van der Waals surface area contributed by atoms with Gasteiger partial charge in [-0.1, -0.05) is 22.9 Å². The maximum atomic E-state index is 14.2. The van der Waals surface area contributed by atoms with E-state index in [0.29, 0.717) is 44.8 Å². The van der Waals surface area contributed by atoms with Crippen LogP contribution in [0.3, 0.4) is 0 Å². The summed E-state index contributed by atoms with van der Waals surface area (Å²) in [7, 11) is 1.72. The minimum atomic E-state index is -0.439. The van der Waals surface area contributed by atoms with E-state index in [-0.39, 0.29) is 18.2 Å². The molecule has 2 amide bonds. The SMILES string of the molecule is CN(c1ccc2nc(NC(=O)NC3CCC(O)CC3)sc2n1)c1ccc(Cl)cc1F. The maximum Gasteiger partial charge on any atom is 0.321 e. The number of halogens is 2. The molecule has 3 aromatic rings. The van der Waals surface area contributed by atoms with Gasteiger partial charge in [-0.05, 0) is 56.0 Å². The van der Waals surface area contributed by atoms with Crippen molar-refractivity contribution >= 4 is 56.0 Å². The van der Waals surface area contributed by atoms with Crippen molar-refractivity contribution < 1.29 is 14.3 Å². The van der Waals surface area contributed by atoms with E-state index in [1.807, 2.05) is 0 Å². The number of hydrogen-bond acceptors (Lipinski definition) is 6. The van der Waals surface area contributed by atoms with Crippen LogP contribution in [-0.2, 0) is 0 Å². The molecule has 0 bridgehead atoms. The van der Waals surface area contributed by atoms with Crippen molar-refractivity contribution in [3.8, 4) is 0 Å². The summed E-state index contributed by atoms with van der Waals surface area (Å²) < 4.78 is 14.2. The van der Waals surface area contributed by atoms with Crippen LogP contribution in [-0.4, -0.2) is 40.3 Å². The Morgan fingerprint density at radius 1 is 1.23 bits per heavy atom. The molecule has 1 aliphatic carbocycles. The molecule has 0 saturated heterocycles. The highest BCUT2D eigenvalue weighted by Gasteiger charge is 2.21. The summed E-state index contributed by atoms with van der Waals surface area (Å²) >= 11 is 7.07. The molecule has 0 radical (unpaired) electrons. The summed E-state index contributed by atoms with van der Waals surface area (Å²) in [4.78, 5) is 23.5. The number of urea groups is 1. The van der Waals surface area contributed by atoms with Crippen LogP contribution in [0, 0.1) is 5.82 Å². The Balaban J connectivity index is 1.46. The fourth-order valence-corrected chi connectivity index (χ4v) is 4.45. The van der Waals surface area contributed by atoms with Crippen molar-refractivity contribution in [3.63, 3.8) is 0 Å². The first-order valence-corrected chi connectivity index (χ1v) is 10.8. The van der Waals surface area contributed by atoms with E-state index in [2.05, 4.69) is 20.6 Å². The lowest BCUT2D eigenvalue weighted by molar-refractivity contribution is 0.118. The summed E-state index contributed by atoms with van der Waals surface area (Å²) in [5, 5.41) is 16.0. The largest absolute Gasteiger partial charge is 0.393 e. The first-order valence-electron chi connectivity index (χ1n) is 9.61. The van der Waals surface area contributed by atoms with Crippen molar-refractivity contribution in [1.82, 2.24) is 15.3 Å². The van der Waals surface area contributed by atoms with Crippen LogP contribution in [0.1, 0.15) is 25.7 Å². The van der Waals surface area contributed by atoms with Gasteiger partial charge in [-0.25, -0.2) is 19.2 Å². The summed E-state index contributed by atoms with van der Waals surface area (Å²) in [6, 6.07) is 7.73. The Morgan fingerprint density at radius 3 is 2.73 bits per heavy atom. The van der Waals surface area contributed by atoms with E-state index in [9.17, 15) is 14.3 Å². The number of benzene rings is 1. The molecule has 1 saturated carbocycles. The molecule has 1 aliphatic rings. The van der Waals surface area contributed by atoms with Crippen molar-refractivity contribution in [2.24, 2.45) is 0 Å². The number of pyridine rings is 1. The number of carbonyl (C=O) groups is 1. The number of aliphatic hydroxyl groups is 1. The predicted molar refractivity (Wildman–Crippen MR) is 117 cm³/mol. The zero-order valence-electron chi connectivity index (χ0n) is 16.2. The second-order valence-corrected chi connectivity index (χ2v) is 8.69. The van der Waals surface area contributed by atoms with Gasteiger partial charge in [0.05, 0.1) is 11.8 Å². The number of aromatic nitrogens is 2. The first-order chi connectivity index (χ1) is 14.4. The number of nitrogens with one attached hydrogen (secondary N) is 2. The highest BCUT2D eigenvalue weighted by atomic mass is 35.5. The van der Waals surface area contributed by atoms with Gasteiger partial charge >= 0.3 is 6.03 Å². The van der Waals surface area contributed by atoms with E-state index in [1.54, 1.807) is 36.2 Å². The molecule has 0 atom stereocenters. The van der Waals surface area contributed by atoms with E-state index < -0.39 is 5.82 Å². The van der Waals surface area contributed by atoms with Gasteiger partial charge in [-0.3, -0.25) is 5.32 Å². The van der Waals surface area contributed by atoms with Crippen molar-refractivity contribution in [3.05, 3.63) is 41.2 Å². The molecule has 0 unspecified atom stereocenters. The van der Waals surface area contributed by atoms with Crippen LogP contribution >= 0.6 is 22.9 Å². The molecule has 2 heterocycles. The van der Waals surface area contributed by atoms with Crippen LogP contribution < -0.4 is 15.5 Å². The van der Waals surface area contributed by atoms with Crippen molar-refractivity contribution in [2.75, 3.05) is 17.3 Å². The number of hydrogen-bond donors (Lipinski definition) is 3. The van der Waals surface area contributed by atoms with Gasteiger partial charge in [0, 0.05) is 18.1 Å². The van der Waals surface area contributed by atoms with Gasteiger partial charge in [0.25, 0.3) is 0 Å². The highest BCUT2D eigenvalue weighted by Crippen LogP contribution is 2.31. The van der Waals surface area contributed by atoms with Crippen LogP contribution in [0.25, 0.3) is 10.3 Å².